The lowest BCUT2D eigenvalue weighted by atomic mass is 9.84. The average molecular weight is 232 g/mol. The summed E-state index contributed by atoms with van der Waals surface area (Å²) in [7, 11) is 0. The van der Waals surface area contributed by atoms with Crippen molar-refractivity contribution in [2.75, 3.05) is 0 Å². The zero-order chi connectivity index (χ0) is 12.1. The Balaban J connectivity index is 1.74. The number of nitrogens with one attached hydrogen (secondary N) is 1. The summed E-state index contributed by atoms with van der Waals surface area (Å²) in [6.07, 6.45) is 6.54. The van der Waals surface area contributed by atoms with Crippen LogP contribution in [0.1, 0.15) is 50.5 Å². The molecule has 0 saturated heterocycles. The van der Waals surface area contributed by atoms with Crippen LogP contribution in [0.2, 0.25) is 0 Å². The predicted molar refractivity (Wildman–Crippen MR) is 66.3 cm³/mol. The van der Waals surface area contributed by atoms with Crippen LogP contribution in [0.4, 0.5) is 0 Å². The van der Waals surface area contributed by atoms with Gasteiger partial charge in [-0.15, -0.1) is 0 Å². The fourth-order valence-corrected chi connectivity index (χ4v) is 2.55. The molecule has 2 rings (SSSR count). The molecule has 1 fully saturated rings. The largest absolute Gasteiger partial charge is 0.449 e. The highest BCUT2D eigenvalue weighted by Crippen LogP contribution is 2.26. The molecule has 92 valence electrons. The van der Waals surface area contributed by atoms with Crippen LogP contribution < -0.4 is 5.32 Å². The van der Waals surface area contributed by atoms with Gasteiger partial charge >= 0.3 is 0 Å². The van der Waals surface area contributed by atoms with Gasteiger partial charge in [0.25, 0.3) is 0 Å². The minimum absolute atomic E-state index is 0.400. The molecule has 0 atom stereocenters. The van der Waals surface area contributed by atoms with E-state index < -0.39 is 0 Å². The summed E-state index contributed by atoms with van der Waals surface area (Å²) < 4.78 is 5.34. The van der Waals surface area contributed by atoms with Crippen LogP contribution in [0.15, 0.2) is 16.5 Å². The standard InChI is InChI=1S/C14H20N2O/c1-2-11-3-5-12(6-4-11)16-10-14-8-7-13(9-15)17-14/h7-8,11-12,16H,2-6,10H2,1H3. The second-order valence-corrected chi connectivity index (χ2v) is 4.88. The maximum absolute atomic E-state index is 8.66. The fourth-order valence-electron chi connectivity index (χ4n) is 2.55. The summed E-state index contributed by atoms with van der Waals surface area (Å²) in [4.78, 5) is 0. The van der Waals surface area contributed by atoms with E-state index in [9.17, 15) is 0 Å². The zero-order valence-corrected chi connectivity index (χ0v) is 10.4. The topological polar surface area (TPSA) is 49.0 Å². The Kier molecular flexibility index (Phi) is 4.22. The minimum atomic E-state index is 0.400. The third-order valence-corrected chi connectivity index (χ3v) is 3.76. The van der Waals surface area contributed by atoms with E-state index in [0.29, 0.717) is 11.8 Å². The van der Waals surface area contributed by atoms with Gasteiger partial charge in [-0.25, -0.2) is 0 Å². The quantitative estimate of drug-likeness (QED) is 0.867. The van der Waals surface area contributed by atoms with E-state index >= 15 is 0 Å². The first kappa shape index (κ1) is 12.2. The number of furan rings is 1. The molecule has 0 radical (unpaired) electrons. The van der Waals surface area contributed by atoms with Gasteiger partial charge in [-0.05, 0) is 43.7 Å². The number of nitrogens with zero attached hydrogens (tertiary/aromatic N) is 1. The molecule has 1 aromatic rings. The Labute approximate surface area is 103 Å². The molecule has 0 unspecified atom stereocenters. The maximum atomic E-state index is 8.66. The van der Waals surface area contributed by atoms with E-state index in [1.165, 1.54) is 32.1 Å². The number of hydrogen-bond acceptors (Lipinski definition) is 3. The Morgan fingerprint density at radius 1 is 1.35 bits per heavy atom. The van der Waals surface area contributed by atoms with Crippen molar-refractivity contribution in [2.45, 2.75) is 51.6 Å². The van der Waals surface area contributed by atoms with Crippen molar-refractivity contribution in [3.63, 3.8) is 0 Å². The lowest BCUT2D eigenvalue weighted by Crippen LogP contribution is -2.32. The monoisotopic (exact) mass is 232 g/mol. The smallest absolute Gasteiger partial charge is 0.203 e. The molecular weight excluding hydrogens is 212 g/mol. The molecule has 1 aliphatic carbocycles. The highest BCUT2D eigenvalue weighted by Gasteiger charge is 2.19. The molecule has 1 N–H and O–H groups in total. The van der Waals surface area contributed by atoms with Crippen LogP contribution in [0.5, 0.6) is 0 Å². The zero-order valence-electron chi connectivity index (χ0n) is 10.4. The molecule has 0 bridgehead atoms. The van der Waals surface area contributed by atoms with Crippen molar-refractivity contribution < 1.29 is 4.42 Å². The number of hydrogen-bond donors (Lipinski definition) is 1. The van der Waals surface area contributed by atoms with Crippen molar-refractivity contribution in [2.24, 2.45) is 5.92 Å². The third-order valence-electron chi connectivity index (χ3n) is 3.76. The molecule has 1 saturated carbocycles. The summed E-state index contributed by atoms with van der Waals surface area (Å²) in [5.74, 6) is 2.19. The van der Waals surface area contributed by atoms with Gasteiger partial charge in [0, 0.05) is 6.04 Å². The van der Waals surface area contributed by atoms with Gasteiger partial charge in [0.2, 0.25) is 5.76 Å². The molecule has 1 aliphatic rings. The second kappa shape index (κ2) is 5.88. The van der Waals surface area contributed by atoms with Crippen molar-refractivity contribution in [1.82, 2.24) is 5.32 Å². The number of rotatable bonds is 4. The summed E-state index contributed by atoms with van der Waals surface area (Å²) in [5, 5.41) is 12.2. The molecule has 0 aliphatic heterocycles. The molecule has 0 aromatic carbocycles. The van der Waals surface area contributed by atoms with E-state index in [4.69, 9.17) is 9.68 Å². The molecule has 1 heterocycles. The Hall–Kier alpha value is -1.27. The van der Waals surface area contributed by atoms with Crippen LogP contribution in [0.3, 0.4) is 0 Å². The lowest BCUT2D eigenvalue weighted by Gasteiger charge is -2.28. The van der Waals surface area contributed by atoms with Gasteiger partial charge in [-0.2, -0.15) is 5.26 Å². The molecule has 1 aromatic heterocycles. The molecule has 17 heavy (non-hydrogen) atoms. The van der Waals surface area contributed by atoms with E-state index in [0.717, 1.165) is 18.2 Å². The predicted octanol–water partition coefficient (Wildman–Crippen LogP) is 3.21. The maximum Gasteiger partial charge on any atom is 0.203 e. The van der Waals surface area contributed by atoms with E-state index in [1.54, 1.807) is 6.07 Å². The van der Waals surface area contributed by atoms with Crippen LogP contribution >= 0.6 is 0 Å². The first-order valence-electron chi connectivity index (χ1n) is 6.54. The summed E-state index contributed by atoms with van der Waals surface area (Å²) >= 11 is 0. The minimum Gasteiger partial charge on any atom is -0.449 e. The normalized spacial score (nSPS) is 24.5. The molecular formula is C14H20N2O. The van der Waals surface area contributed by atoms with Crippen LogP contribution in [-0.2, 0) is 6.54 Å². The van der Waals surface area contributed by atoms with Gasteiger partial charge in [0.15, 0.2) is 0 Å². The SMILES string of the molecule is CCC1CCC(NCc2ccc(C#N)o2)CC1. The lowest BCUT2D eigenvalue weighted by molar-refractivity contribution is 0.280. The van der Waals surface area contributed by atoms with E-state index in [-0.39, 0.29) is 0 Å². The van der Waals surface area contributed by atoms with E-state index in [1.807, 2.05) is 12.1 Å². The molecule has 0 spiro atoms. The number of nitriles is 1. The molecule has 0 amide bonds. The molecule has 3 heteroatoms. The van der Waals surface area contributed by atoms with Crippen LogP contribution in [-0.4, -0.2) is 6.04 Å². The summed E-state index contributed by atoms with van der Waals surface area (Å²) in [5.41, 5.74) is 0. The summed E-state index contributed by atoms with van der Waals surface area (Å²) in [6.45, 7) is 3.02. The van der Waals surface area contributed by atoms with Crippen molar-refractivity contribution >= 4 is 0 Å². The molecule has 3 nitrogen and oxygen atoms in total. The fraction of sp³-hybridized carbons (Fsp3) is 0.643. The highest BCUT2D eigenvalue weighted by atomic mass is 16.3. The van der Waals surface area contributed by atoms with Gasteiger partial charge in [-0.3, -0.25) is 0 Å². The first-order valence-corrected chi connectivity index (χ1v) is 6.54. The van der Waals surface area contributed by atoms with Gasteiger partial charge in [0.1, 0.15) is 11.8 Å². The Bertz CT molecular complexity index is 383. The highest BCUT2D eigenvalue weighted by molar-refractivity contribution is 5.18. The van der Waals surface area contributed by atoms with Gasteiger partial charge in [0.05, 0.1) is 6.54 Å². The van der Waals surface area contributed by atoms with Gasteiger partial charge < -0.3 is 9.73 Å². The van der Waals surface area contributed by atoms with Crippen LogP contribution in [0, 0.1) is 17.2 Å². The van der Waals surface area contributed by atoms with Crippen molar-refractivity contribution in [3.8, 4) is 6.07 Å². The van der Waals surface area contributed by atoms with Gasteiger partial charge in [-0.1, -0.05) is 13.3 Å². The Morgan fingerprint density at radius 2 is 2.12 bits per heavy atom. The summed E-state index contributed by atoms with van der Waals surface area (Å²) in [6, 6.07) is 6.23. The first-order chi connectivity index (χ1) is 8.31. The third kappa shape index (κ3) is 3.34. The van der Waals surface area contributed by atoms with Crippen molar-refractivity contribution in [1.29, 1.82) is 5.26 Å². The average Bonchev–Trinajstić information content (AvgIpc) is 2.85. The van der Waals surface area contributed by atoms with Crippen molar-refractivity contribution in [3.05, 3.63) is 23.7 Å². The Morgan fingerprint density at radius 3 is 2.71 bits per heavy atom. The van der Waals surface area contributed by atoms with Crippen LogP contribution in [0.25, 0.3) is 0 Å². The van der Waals surface area contributed by atoms with E-state index in [2.05, 4.69) is 12.2 Å². The second-order valence-electron chi connectivity index (χ2n) is 4.88.